The Morgan fingerprint density at radius 3 is 2.09 bits per heavy atom. The van der Waals surface area contributed by atoms with Crippen molar-refractivity contribution < 1.29 is 14.3 Å². The fourth-order valence-corrected chi connectivity index (χ4v) is 2.66. The molecule has 0 saturated carbocycles. The van der Waals surface area contributed by atoms with Gasteiger partial charge in [0.1, 0.15) is 0 Å². The summed E-state index contributed by atoms with van der Waals surface area (Å²) in [5.74, 6) is 1.68. The van der Waals surface area contributed by atoms with Crippen molar-refractivity contribution in [2.24, 2.45) is 5.41 Å². The van der Waals surface area contributed by atoms with Crippen LogP contribution in [0.3, 0.4) is 0 Å². The third-order valence-electron chi connectivity index (χ3n) is 3.94. The van der Waals surface area contributed by atoms with Crippen molar-refractivity contribution >= 4 is 11.6 Å². The van der Waals surface area contributed by atoms with Gasteiger partial charge in [0.25, 0.3) is 0 Å². The van der Waals surface area contributed by atoms with Gasteiger partial charge in [0, 0.05) is 43.3 Å². The molecule has 2 rings (SSSR count). The van der Waals surface area contributed by atoms with Crippen LogP contribution in [0.25, 0.3) is 0 Å². The lowest BCUT2D eigenvalue weighted by molar-refractivity contribution is -0.139. The van der Waals surface area contributed by atoms with Crippen LogP contribution in [0.2, 0.25) is 0 Å². The molecule has 0 unspecified atom stereocenters. The van der Waals surface area contributed by atoms with E-state index in [0.717, 1.165) is 43.4 Å². The smallest absolute Gasteiger partial charge is 0.228 e. The monoisotopic (exact) mass is 306 g/mol. The Hall–Kier alpha value is -1.91. The summed E-state index contributed by atoms with van der Waals surface area (Å²) in [5.41, 5.74) is 0.784. The molecule has 0 spiro atoms. The molecule has 1 aliphatic rings. The molecule has 1 heterocycles. The number of carbonyl (C=O) groups is 1. The van der Waals surface area contributed by atoms with Crippen LogP contribution >= 0.6 is 0 Å². The minimum Gasteiger partial charge on any atom is -0.493 e. The van der Waals surface area contributed by atoms with Gasteiger partial charge in [-0.25, -0.2) is 0 Å². The number of carbonyl (C=O) groups excluding carboxylic acids is 1. The second-order valence-electron chi connectivity index (χ2n) is 6.57. The normalized spacial score (nSPS) is 15.7. The van der Waals surface area contributed by atoms with Gasteiger partial charge in [-0.15, -0.1) is 0 Å². The molecule has 1 aromatic carbocycles. The van der Waals surface area contributed by atoms with Gasteiger partial charge >= 0.3 is 0 Å². The average molecular weight is 306 g/mol. The van der Waals surface area contributed by atoms with Gasteiger partial charge in [-0.1, -0.05) is 20.8 Å². The lowest BCUT2D eigenvalue weighted by Crippen LogP contribution is -2.51. The standard InChI is InChI=1S/C17H26N2O3/c1-17(2,3)16(20)19-10-8-18(9-11-19)13-6-7-14(21-4)15(12-13)22-5/h6-7,12H,8-11H2,1-5H3. The highest BCUT2D eigenvalue weighted by Crippen LogP contribution is 2.32. The van der Waals surface area contributed by atoms with Gasteiger partial charge < -0.3 is 19.3 Å². The second-order valence-corrected chi connectivity index (χ2v) is 6.57. The van der Waals surface area contributed by atoms with Gasteiger partial charge in [-0.2, -0.15) is 0 Å². The van der Waals surface area contributed by atoms with E-state index < -0.39 is 0 Å². The van der Waals surface area contributed by atoms with Crippen LogP contribution in [-0.2, 0) is 4.79 Å². The highest BCUT2D eigenvalue weighted by atomic mass is 16.5. The molecule has 1 fully saturated rings. The molecule has 1 amide bonds. The highest BCUT2D eigenvalue weighted by molar-refractivity contribution is 5.81. The molecular weight excluding hydrogens is 280 g/mol. The zero-order chi connectivity index (χ0) is 16.3. The van der Waals surface area contributed by atoms with E-state index in [1.807, 2.05) is 43.9 Å². The van der Waals surface area contributed by atoms with Crippen LogP contribution in [-0.4, -0.2) is 51.2 Å². The SMILES string of the molecule is COc1ccc(N2CCN(C(=O)C(C)(C)C)CC2)cc1OC. The zero-order valence-electron chi connectivity index (χ0n) is 14.2. The topological polar surface area (TPSA) is 42.0 Å². The van der Waals surface area contributed by atoms with Crippen LogP contribution in [0, 0.1) is 5.41 Å². The molecule has 0 aliphatic carbocycles. The maximum atomic E-state index is 12.3. The van der Waals surface area contributed by atoms with E-state index in [-0.39, 0.29) is 11.3 Å². The minimum absolute atomic E-state index is 0.222. The number of amides is 1. The largest absolute Gasteiger partial charge is 0.493 e. The van der Waals surface area contributed by atoms with Gasteiger partial charge in [0.15, 0.2) is 11.5 Å². The lowest BCUT2D eigenvalue weighted by Gasteiger charge is -2.38. The van der Waals surface area contributed by atoms with E-state index >= 15 is 0 Å². The van der Waals surface area contributed by atoms with Crippen molar-refractivity contribution in [3.8, 4) is 11.5 Å². The molecule has 0 bridgehead atoms. The Morgan fingerprint density at radius 2 is 1.59 bits per heavy atom. The van der Waals surface area contributed by atoms with Crippen molar-refractivity contribution in [3.63, 3.8) is 0 Å². The number of hydrogen-bond acceptors (Lipinski definition) is 4. The summed E-state index contributed by atoms with van der Waals surface area (Å²) in [7, 11) is 3.27. The van der Waals surface area contributed by atoms with Crippen molar-refractivity contribution in [3.05, 3.63) is 18.2 Å². The first kappa shape index (κ1) is 16.5. The minimum atomic E-state index is -0.314. The zero-order valence-corrected chi connectivity index (χ0v) is 14.2. The Morgan fingerprint density at radius 1 is 1.00 bits per heavy atom. The predicted octanol–water partition coefficient (Wildman–Crippen LogP) is 2.40. The van der Waals surface area contributed by atoms with Crippen molar-refractivity contribution in [2.75, 3.05) is 45.3 Å². The Balaban J connectivity index is 2.04. The first-order valence-corrected chi connectivity index (χ1v) is 7.63. The molecule has 0 radical (unpaired) electrons. The number of benzene rings is 1. The van der Waals surface area contributed by atoms with Gasteiger partial charge in [-0.3, -0.25) is 4.79 Å². The van der Waals surface area contributed by atoms with E-state index in [1.165, 1.54) is 0 Å². The number of hydrogen-bond donors (Lipinski definition) is 0. The Labute approximate surface area is 132 Å². The van der Waals surface area contributed by atoms with E-state index in [0.29, 0.717) is 0 Å². The van der Waals surface area contributed by atoms with Gasteiger partial charge in [0.2, 0.25) is 5.91 Å². The first-order chi connectivity index (χ1) is 10.4. The third kappa shape index (κ3) is 3.46. The van der Waals surface area contributed by atoms with Crippen LogP contribution in [0.4, 0.5) is 5.69 Å². The maximum Gasteiger partial charge on any atom is 0.228 e. The Bertz CT molecular complexity index is 529. The number of anilines is 1. The summed E-state index contributed by atoms with van der Waals surface area (Å²) < 4.78 is 10.6. The molecule has 1 aliphatic heterocycles. The van der Waals surface area contributed by atoms with Crippen molar-refractivity contribution in [1.82, 2.24) is 4.90 Å². The Kier molecular flexibility index (Phi) is 4.84. The first-order valence-electron chi connectivity index (χ1n) is 7.63. The van der Waals surface area contributed by atoms with Crippen molar-refractivity contribution in [2.45, 2.75) is 20.8 Å². The summed E-state index contributed by atoms with van der Waals surface area (Å²) in [5, 5.41) is 0. The molecule has 5 heteroatoms. The lowest BCUT2D eigenvalue weighted by atomic mass is 9.94. The van der Waals surface area contributed by atoms with E-state index in [2.05, 4.69) is 4.90 Å². The second kappa shape index (κ2) is 6.46. The predicted molar refractivity (Wildman–Crippen MR) is 87.8 cm³/mol. The summed E-state index contributed by atoms with van der Waals surface area (Å²) in [6, 6.07) is 5.93. The molecule has 1 aromatic rings. The van der Waals surface area contributed by atoms with Crippen LogP contribution < -0.4 is 14.4 Å². The molecule has 0 aromatic heterocycles. The molecule has 122 valence electrons. The molecule has 5 nitrogen and oxygen atoms in total. The number of nitrogens with zero attached hydrogens (tertiary/aromatic N) is 2. The fourth-order valence-electron chi connectivity index (χ4n) is 2.66. The summed E-state index contributed by atoms with van der Waals surface area (Å²) in [4.78, 5) is 16.5. The third-order valence-corrected chi connectivity index (χ3v) is 3.94. The van der Waals surface area contributed by atoms with Crippen LogP contribution in [0.1, 0.15) is 20.8 Å². The van der Waals surface area contributed by atoms with Crippen molar-refractivity contribution in [1.29, 1.82) is 0 Å². The van der Waals surface area contributed by atoms with Crippen LogP contribution in [0.5, 0.6) is 11.5 Å². The summed E-state index contributed by atoms with van der Waals surface area (Å²) in [6.07, 6.45) is 0. The van der Waals surface area contributed by atoms with Gasteiger partial charge in [0.05, 0.1) is 14.2 Å². The maximum absolute atomic E-state index is 12.3. The fraction of sp³-hybridized carbons (Fsp3) is 0.588. The number of piperazine rings is 1. The summed E-state index contributed by atoms with van der Waals surface area (Å²) >= 11 is 0. The number of ether oxygens (including phenoxy) is 2. The molecule has 22 heavy (non-hydrogen) atoms. The number of methoxy groups -OCH3 is 2. The van der Waals surface area contributed by atoms with E-state index in [9.17, 15) is 4.79 Å². The van der Waals surface area contributed by atoms with Gasteiger partial charge in [-0.05, 0) is 12.1 Å². The average Bonchev–Trinajstić information content (AvgIpc) is 2.52. The molecular formula is C17H26N2O3. The number of rotatable bonds is 3. The molecule has 1 saturated heterocycles. The summed E-state index contributed by atoms with van der Waals surface area (Å²) in [6.45, 7) is 9.08. The van der Waals surface area contributed by atoms with E-state index in [1.54, 1.807) is 14.2 Å². The quantitative estimate of drug-likeness (QED) is 0.860. The van der Waals surface area contributed by atoms with E-state index in [4.69, 9.17) is 9.47 Å². The molecule has 0 N–H and O–H groups in total. The molecule has 0 atom stereocenters. The highest BCUT2D eigenvalue weighted by Gasteiger charge is 2.29. The van der Waals surface area contributed by atoms with Crippen LogP contribution in [0.15, 0.2) is 18.2 Å².